The minimum absolute atomic E-state index is 0.103. The van der Waals surface area contributed by atoms with Gasteiger partial charge in [0.25, 0.3) is 0 Å². The van der Waals surface area contributed by atoms with E-state index in [1.54, 1.807) is 27.7 Å². The van der Waals surface area contributed by atoms with Crippen LogP contribution in [0.1, 0.15) is 30.1 Å². The first-order valence-electron chi connectivity index (χ1n) is 11.7. The lowest BCUT2D eigenvalue weighted by Crippen LogP contribution is -2.38. The summed E-state index contributed by atoms with van der Waals surface area (Å²) in [5.41, 5.74) is -0.919. The normalized spacial score (nSPS) is 14.9. The van der Waals surface area contributed by atoms with Crippen molar-refractivity contribution < 1.29 is 26.7 Å². The van der Waals surface area contributed by atoms with Crippen LogP contribution in [0, 0.1) is 11.6 Å². The Balaban J connectivity index is 1.55. The Hall–Kier alpha value is -3.89. The molecule has 6 nitrogen and oxygen atoms in total. The maximum absolute atomic E-state index is 14.3. The van der Waals surface area contributed by atoms with E-state index >= 15 is 0 Å². The van der Waals surface area contributed by atoms with Gasteiger partial charge >= 0.3 is 11.9 Å². The molecule has 1 aliphatic heterocycles. The summed E-state index contributed by atoms with van der Waals surface area (Å²) in [6.07, 6.45) is -2.81. The Morgan fingerprint density at radius 3 is 2.32 bits per heavy atom. The number of methoxy groups -OCH3 is 1. The molecule has 2 aromatic carbocycles. The SMILES string of the molecule is COc1cccc2c1n(Cc1cccnc1C(F)(F)F)c(=O)n2C1CCN(c2c(F)cccc2F)CC1. The highest BCUT2D eigenvalue weighted by Crippen LogP contribution is 2.35. The van der Waals surface area contributed by atoms with Crippen molar-refractivity contribution in [2.24, 2.45) is 0 Å². The molecule has 0 aliphatic carbocycles. The number of nitrogens with zero attached hydrogens (tertiary/aromatic N) is 4. The predicted molar refractivity (Wildman–Crippen MR) is 128 cm³/mol. The fourth-order valence-electron chi connectivity index (χ4n) is 5.10. The number of anilines is 1. The number of imidazole rings is 1. The Labute approximate surface area is 208 Å². The third kappa shape index (κ3) is 4.42. The molecular formula is C26H23F5N4O2. The molecule has 1 aliphatic rings. The van der Waals surface area contributed by atoms with Gasteiger partial charge in [-0.3, -0.25) is 14.1 Å². The van der Waals surface area contributed by atoms with Crippen molar-refractivity contribution in [2.45, 2.75) is 31.6 Å². The van der Waals surface area contributed by atoms with Gasteiger partial charge in [0.05, 0.1) is 19.2 Å². The van der Waals surface area contributed by atoms with Crippen LogP contribution < -0.4 is 15.3 Å². The summed E-state index contributed by atoms with van der Waals surface area (Å²) in [5.74, 6) is -0.973. The van der Waals surface area contributed by atoms with Crippen LogP contribution in [0.3, 0.4) is 0 Å². The summed E-state index contributed by atoms with van der Waals surface area (Å²) in [5, 5.41) is 0. The van der Waals surface area contributed by atoms with Gasteiger partial charge in [-0.25, -0.2) is 13.6 Å². The Morgan fingerprint density at radius 2 is 1.68 bits per heavy atom. The highest BCUT2D eigenvalue weighted by Gasteiger charge is 2.36. The van der Waals surface area contributed by atoms with Crippen molar-refractivity contribution in [3.63, 3.8) is 0 Å². The number of fused-ring (bicyclic) bond motifs is 1. The van der Waals surface area contributed by atoms with Crippen molar-refractivity contribution in [1.29, 1.82) is 0 Å². The molecule has 2 aromatic heterocycles. The second kappa shape index (κ2) is 9.53. The van der Waals surface area contributed by atoms with Gasteiger partial charge in [0, 0.05) is 30.9 Å². The number of hydrogen-bond acceptors (Lipinski definition) is 4. The minimum Gasteiger partial charge on any atom is -0.494 e. The van der Waals surface area contributed by atoms with Gasteiger partial charge in [0.1, 0.15) is 34.3 Å². The van der Waals surface area contributed by atoms with Gasteiger partial charge in [-0.05, 0) is 43.2 Å². The van der Waals surface area contributed by atoms with Gasteiger partial charge in [0.15, 0.2) is 0 Å². The lowest BCUT2D eigenvalue weighted by atomic mass is 10.0. The molecule has 0 spiro atoms. The van der Waals surface area contributed by atoms with E-state index in [4.69, 9.17) is 4.74 Å². The fraction of sp³-hybridized carbons (Fsp3) is 0.308. The van der Waals surface area contributed by atoms with E-state index in [9.17, 15) is 26.7 Å². The third-order valence-corrected chi connectivity index (χ3v) is 6.74. The molecule has 1 fully saturated rings. The molecule has 4 aromatic rings. The molecule has 1 saturated heterocycles. The van der Waals surface area contributed by atoms with E-state index in [-0.39, 0.29) is 23.8 Å². The van der Waals surface area contributed by atoms with E-state index in [1.807, 2.05) is 0 Å². The molecule has 0 unspecified atom stereocenters. The Kier molecular flexibility index (Phi) is 6.38. The van der Waals surface area contributed by atoms with Gasteiger partial charge in [-0.1, -0.05) is 18.2 Å². The fourth-order valence-corrected chi connectivity index (χ4v) is 5.10. The summed E-state index contributed by atoms with van der Waals surface area (Å²) >= 11 is 0. The monoisotopic (exact) mass is 518 g/mol. The van der Waals surface area contributed by atoms with E-state index in [1.165, 1.54) is 42.0 Å². The van der Waals surface area contributed by atoms with Crippen molar-refractivity contribution in [3.8, 4) is 5.75 Å². The molecule has 194 valence electrons. The van der Waals surface area contributed by atoms with Crippen LogP contribution in [0.4, 0.5) is 27.6 Å². The molecule has 0 bridgehead atoms. The average Bonchev–Trinajstić information content (AvgIpc) is 3.15. The number of piperidine rings is 1. The maximum Gasteiger partial charge on any atom is 0.433 e. The largest absolute Gasteiger partial charge is 0.494 e. The number of para-hydroxylation sites is 2. The molecule has 0 radical (unpaired) electrons. The quantitative estimate of drug-likeness (QED) is 0.333. The zero-order valence-electron chi connectivity index (χ0n) is 19.8. The minimum atomic E-state index is -4.68. The first kappa shape index (κ1) is 24.8. The summed E-state index contributed by atoms with van der Waals surface area (Å²) < 4.78 is 77.7. The van der Waals surface area contributed by atoms with Crippen LogP contribution in [0.25, 0.3) is 11.0 Å². The van der Waals surface area contributed by atoms with Crippen molar-refractivity contribution in [1.82, 2.24) is 14.1 Å². The number of halogens is 5. The second-order valence-corrected chi connectivity index (χ2v) is 8.86. The first-order chi connectivity index (χ1) is 17.7. The number of aromatic nitrogens is 3. The third-order valence-electron chi connectivity index (χ3n) is 6.74. The molecule has 3 heterocycles. The summed E-state index contributed by atoms with van der Waals surface area (Å²) in [6.45, 7) is 0.240. The smallest absolute Gasteiger partial charge is 0.433 e. The average molecular weight is 518 g/mol. The number of benzene rings is 2. The van der Waals surface area contributed by atoms with E-state index < -0.39 is 29.2 Å². The van der Waals surface area contributed by atoms with Gasteiger partial charge in [-0.15, -0.1) is 0 Å². The summed E-state index contributed by atoms with van der Waals surface area (Å²) in [4.78, 5) is 18.8. The molecule has 11 heteroatoms. The molecule has 5 rings (SSSR count). The van der Waals surface area contributed by atoms with Crippen LogP contribution in [0.2, 0.25) is 0 Å². The summed E-state index contributed by atoms with van der Waals surface area (Å²) in [7, 11) is 1.42. The first-order valence-corrected chi connectivity index (χ1v) is 11.7. The summed E-state index contributed by atoms with van der Waals surface area (Å²) in [6, 6.07) is 11.1. The van der Waals surface area contributed by atoms with Crippen molar-refractivity contribution in [2.75, 3.05) is 25.1 Å². The molecule has 37 heavy (non-hydrogen) atoms. The van der Waals surface area contributed by atoms with Gasteiger partial charge < -0.3 is 9.64 Å². The predicted octanol–water partition coefficient (Wildman–Crippen LogP) is 5.39. The topological polar surface area (TPSA) is 52.3 Å². The number of alkyl halides is 3. The maximum atomic E-state index is 14.3. The highest BCUT2D eigenvalue weighted by molar-refractivity contribution is 5.83. The number of rotatable bonds is 5. The van der Waals surface area contributed by atoms with Crippen LogP contribution in [0.5, 0.6) is 5.75 Å². The molecular weight excluding hydrogens is 495 g/mol. The van der Waals surface area contributed by atoms with Gasteiger partial charge in [0.2, 0.25) is 0 Å². The van der Waals surface area contributed by atoms with E-state index in [2.05, 4.69) is 4.98 Å². The second-order valence-electron chi connectivity index (χ2n) is 8.86. The number of ether oxygens (including phenoxy) is 1. The molecule has 0 saturated carbocycles. The molecule has 0 amide bonds. The Bertz CT molecular complexity index is 1480. The standard InChI is InChI=1S/C26H23F5N4O2/c1-37-21-9-3-8-20-23(21)34(15-16-5-4-12-32-24(16)26(29,30)31)25(36)35(20)17-10-13-33(14-11-17)22-18(27)6-2-7-19(22)28/h2-9,12,17H,10-11,13-15H2,1H3. The van der Waals surface area contributed by atoms with E-state index in [0.717, 1.165) is 6.20 Å². The van der Waals surface area contributed by atoms with Crippen LogP contribution >= 0.6 is 0 Å². The zero-order chi connectivity index (χ0) is 26.3. The number of hydrogen-bond donors (Lipinski definition) is 0. The molecule has 0 atom stereocenters. The van der Waals surface area contributed by atoms with Crippen molar-refractivity contribution >= 4 is 16.7 Å². The number of pyridine rings is 1. The Morgan fingerprint density at radius 1 is 1.00 bits per heavy atom. The van der Waals surface area contributed by atoms with E-state index in [0.29, 0.717) is 42.7 Å². The van der Waals surface area contributed by atoms with Gasteiger partial charge in [-0.2, -0.15) is 13.2 Å². The lowest BCUT2D eigenvalue weighted by Gasteiger charge is -2.34. The molecule has 0 N–H and O–H groups in total. The van der Waals surface area contributed by atoms with Crippen molar-refractivity contribution in [3.05, 3.63) is 88.1 Å². The lowest BCUT2D eigenvalue weighted by molar-refractivity contribution is -0.141. The highest BCUT2D eigenvalue weighted by atomic mass is 19.4. The zero-order valence-corrected chi connectivity index (χ0v) is 19.8. The van der Waals surface area contributed by atoms with Crippen LogP contribution in [-0.4, -0.2) is 34.3 Å². The van der Waals surface area contributed by atoms with Crippen LogP contribution in [-0.2, 0) is 12.7 Å². The van der Waals surface area contributed by atoms with Crippen LogP contribution in [0.15, 0.2) is 59.5 Å².